The molecule has 2 heterocycles. The van der Waals surface area contributed by atoms with E-state index in [1.54, 1.807) is 18.2 Å². The molecule has 0 aromatic carbocycles. The molecule has 0 amide bonds. The van der Waals surface area contributed by atoms with E-state index in [1.165, 1.54) is 10.5 Å². The predicted molar refractivity (Wildman–Crippen MR) is 54.4 cm³/mol. The molecular weight excluding hydrogens is 202 g/mol. The zero-order valence-corrected chi connectivity index (χ0v) is 8.03. The lowest BCUT2D eigenvalue weighted by Crippen LogP contribution is -2.17. The molecule has 4 nitrogen and oxygen atoms in total. The summed E-state index contributed by atoms with van der Waals surface area (Å²) in [6.45, 7) is 0.248. The number of hydrogen-bond acceptors (Lipinski definition) is 3. The van der Waals surface area contributed by atoms with Crippen LogP contribution in [0.3, 0.4) is 0 Å². The number of hydrogen-bond donors (Lipinski definition) is 1. The summed E-state index contributed by atoms with van der Waals surface area (Å²) in [4.78, 5) is 15.7. The Morgan fingerprint density at radius 3 is 3.00 bits per heavy atom. The SMILES string of the molecule is NCc1cc(=O)n2c(Cl)cccc2n1. The van der Waals surface area contributed by atoms with Crippen LogP contribution in [0, 0.1) is 0 Å². The fraction of sp³-hybridized carbons (Fsp3) is 0.111. The minimum atomic E-state index is -0.207. The highest BCUT2D eigenvalue weighted by molar-refractivity contribution is 6.29. The second kappa shape index (κ2) is 3.40. The predicted octanol–water partition coefficient (Wildman–Crippen LogP) is 0.807. The van der Waals surface area contributed by atoms with E-state index in [4.69, 9.17) is 17.3 Å². The highest BCUT2D eigenvalue weighted by Gasteiger charge is 2.02. The van der Waals surface area contributed by atoms with Gasteiger partial charge >= 0.3 is 0 Å². The quantitative estimate of drug-likeness (QED) is 0.707. The van der Waals surface area contributed by atoms with Gasteiger partial charge in [-0.1, -0.05) is 17.7 Å². The number of pyridine rings is 1. The Morgan fingerprint density at radius 1 is 1.50 bits per heavy atom. The van der Waals surface area contributed by atoms with Crippen LogP contribution in [0.25, 0.3) is 5.65 Å². The van der Waals surface area contributed by atoms with E-state index in [9.17, 15) is 4.79 Å². The first-order chi connectivity index (χ1) is 6.72. The van der Waals surface area contributed by atoms with Gasteiger partial charge in [0.2, 0.25) is 0 Å². The van der Waals surface area contributed by atoms with Crippen molar-refractivity contribution in [1.29, 1.82) is 0 Å². The molecule has 0 atom stereocenters. The average molecular weight is 210 g/mol. The van der Waals surface area contributed by atoms with Crippen molar-refractivity contribution in [2.24, 2.45) is 5.73 Å². The number of nitrogens with zero attached hydrogens (tertiary/aromatic N) is 2. The third kappa shape index (κ3) is 1.38. The number of nitrogens with two attached hydrogens (primary N) is 1. The fourth-order valence-corrected chi connectivity index (χ4v) is 1.51. The third-order valence-electron chi connectivity index (χ3n) is 1.90. The van der Waals surface area contributed by atoms with E-state index in [0.29, 0.717) is 16.5 Å². The Balaban J connectivity index is 2.90. The van der Waals surface area contributed by atoms with Gasteiger partial charge in [-0.25, -0.2) is 4.98 Å². The van der Waals surface area contributed by atoms with Crippen LogP contribution in [-0.4, -0.2) is 9.38 Å². The molecule has 2 rings (SSSR count). The summed E-state index contributed by atoms with van der Waals surface area (Å²) in [5.74, 6) is 0. The molecule has 0 saturated heterocycles. The van der Waals surface area contributed by atoms with Crippen molar-refractivity contribution >= 4 is 17.2 Å². The normalized spacial score (nSPS) is 10.7. The standard InChI is InChI=1S/C9H8ClN3O/c10-7-2-1-3-8-12-6(5-11)4-9(14)13(7)8/h1-4H,5,11H2. The van der Waals surface area contributed by atoms with E-state index in [2.05, 4.69) is 4.98 Å². The van der Waals surface area contributed by atoms with Gasteiger partial charge in [-0.3, -0.25) is 9.20 Å². The van der Waals surface area contributed by atoms with Gasteiger partial charge in [0.1, 0.15) is 10.8 Å². The molecule has 14 heavy (non-hydrogen) atoms. The highest BCUT2D eigenvalue weighted by atomic mass is 35.5. The highest BCUT2D eigenvalue weighted by Crippen LogP contribution is 2.08. The minimum absolute atomic E-state index is 0.207. The lowest BCUT2D eigenvalue weighted by molar-refractivity contribution is 0.943. The molecule has 0 unspecified atom stereocenters. The fourth-order valence-electron chi connectivity index (χ4n) is 1.27. The molecule has 0 fully saturated rings. The number of rotatable bonds is 1. The molecule has 0 spiro atoms. The molecule has 0 aliphatic rings. The first-order valence-corrected chi connectivity index (χ1v) is 4.47. The summed E-state index contributed by atoms with van der Waals surface area (Å²) in [5.41, 5.74) is 6.28. The summed E-state index contributed by atoms with van der Waals surface area (Å²) in [6, 6.07) is 6.48. The Labute approximate surface area is 84.9 Å². The molecule has 2 aromatic heterocycles. The first kappa shape index (κ1) is 9.18. The van der Waals surface area contributed by atoms with Crippen LogP contribution in [-0.2, 0) is 6.54 Å². The van der Waals surface area contributed by atoms with Crippen LogP contribution in [0.5, 0.6) is 0 Å². The number of aromatic nitrogens is 2. The molecule has 5 heteroatoms. The third-order valence-corrected chi connectivity index (χ3v) is 2.19. The average Bonchev–Trinajstić information content (AvgIpc) is 2.17. The van der Waals surface area contributed by atoms with Crippen LogP contribution in [0.1, 0.15) is 5.69 Å². The van der Waals surface area contributed by atoms with Gasteiger partial charge in [-0.2, -0.15) is 0 Å². The molecule has 0 aliphatic heterocycles. The largest absolute Gasteiger partial charge is 0.325 e. The molecule has 2 N–H and O–H groups in total. The van der Waals surface area contributed by atoms with Crippen molar-refractivity contribution in [3.05, 3.63) is 45.5 Å². The molecule has 0 aliphatic carbocycles. The monoisotopic (exact) mass is 209 g/mol. The van der Waals surface area contributed by atoms with Gasteiger partial charge in [0, 0.05) is 12.6 Å². The Bertz CT molecular complexity index is 535. The molecule has 0 bridgehead atoms. The van der Waals surface area contributed by atoms with Crippen LogP contribution in [0.4, 0.5) is 0 Å². The minimum Gasteiger partial charge on any atom is -0.325 e. The van der Waals surface area contributed by atoms with E-state index in [-0.39, 0.29) is 12.1 Å². The van der Waals surface area contributed by atoms with Crippen molar-refractivity contribution in [2.75, 3.05) is 0 Å². The number of halogens is 1. The maximum Gasteiger partial charge on any atom is 0.259 e. The molecule has 2 aromatic rings. The van der Waals surface area contributed by atoms with Crippen LogP contribution in [0.2, 0.25) is 5.15 Å². The summed E-state index contributed by atoms with van der Waals surface area (Å²) < 4.78 is 1.33. The summed E-state index contributed by atoms with van der Waals surface area (Å²) in [7, 11) is 0. The van der Waals surface area contributed by atoms with E-state index < -0.39 is 0 Å². The van der Waals surface area contributed by atoms with E-state index >= 15 is 0 Å². The van der Waals surface area contributed by atoms with Crippen molar-refractivity contribution in [1.82, 2.24) is 9.38 Å². The zero-order valence-electron chi connectivity index (χ0n) is 7.27. The van der Waals surface area contributed by atoms with E-state index in [1.807, 2.05) is 0 Å². The van der Waals surface area contributed by atoms with Gasteiger partial charge in [0.15, 0.2) is 0 Å². The maximum absolute atomic E-state index is 11.6. The van der Waals surface area contributed by atoms with Gasteiger partial charge in [0.25, 0.3) is 5.56 Å². The van der Waals surface area contributed by atoms with Crippen molar-refractivity contribution in [2.45, 2.75) is 6.54 Å². The number of fused-ring (bicyclic) bond motifs is 1. The van der Waals surface area contributed by atoms with Gasteiger partial charge in [-0.05, 0) is 12.1 Å². The van der Waals surface area contributed by atoms with Crippen molar-refractivity contribution in [3.63, 3.8) is 0 Å². The maximum atomic E-state index is 11.6. The Hall–Kier alpha value is -1.39. The molecule has 72 valence electrons. The molecule has 0 saturated carbocycles. The summed E-state index contributed by atoms with van der Waals surface area (Å²) in [5, 5.41) is 0.351. The zero-order chi connectivity index (χ0) is 10.1. The van der Waals surface area contributed by atoms with Crippen LogP contribution in [0.15, 0.2) is 29.1 Å². The topological polar surface area (TPSA) is 60.4 Å². The first-order valence-electron chi connectivity index (χ1n) is 4.09. The lowest BCUT2D eigenvalue weighted by atomic mass is 10.4. The summed E-state index contributed by atoms with van der Waals surface area (Å²) in [6.07, 6.45) is 0. The van der Waals surface area contributed by atoms with Crippen LogP contribution < -0.4 is 11.3 Å². The van der Waals surface area contributed by atoms with E-state index in [0.717, 1.165) is 0 Å². The van der Waals surface area contributed by atoms with Crippen LogP contribution >= 0.6 is 11.6 Å². The van der Waals surface area contributed by atoms with Gasteiger partial charge < -0.3 is 5.73 Å². The van der Waals surface area contributed by atoms with Gasteiger partial charge in [0.05, 0.1) is 5.69 Å². The van der Waals surface area contributed by atoms with Crippen molar-refractivity contribution < 1.29 is 0 Å². The Kier molecular flexibility index (Phi) is 2.23. The Morgan fingerprint density at radius 2 is 2.29 bits per heavy atom. The second-order valence-electron chi connectivity index (χ2n) is 2.83. The van der Waals surface area contributed by atoms with Gasteiger partial charge in [-0.15, -0.1) is 0 Å². The van der Waals surface area contributed by atoms with Crippen molar-refractivity contribution in [3.8, 4) is 0 Å². The summed E-state index contributed by atoms with van der Waals surface area (Å²) >= 11 is 5.85. The molecular formula is C9H8ClN3O. The lowest BCUT2D eigenvalue weighted by Gasteiger charge is -2.03. The smallest absolute Gasteiger partial charge is 0.259 e. The second-order valence-corrected chi connectivity index (χ2v) is 3.22. The molecule has 0 radical (unpaired) electrons.